The molecule has 1 aliphatic heterocycles. The summed E-state index contributed by atoms with van der Waals surface area (Å²) in [5.74, 6) is 1.22. The maximum Gasteiger partial charge on any atom is 0.143 e. The van der Waals surface area contributed by atoms with Gasteiger partial charge in [0.25, 0.3) is 0 Å². The average Bonchev–Trinajstić information content (AvgIpc) is 2.45. The van der Waals surface area contributed by atoms with E-state index in [-0.39, 0.29) is 0 Å². The van der Waals surface area contributed by atoms with Gasteiger partial charge in [-0.1, -0.05) is 6.07 Å². The van der Waals surface area contributed by atoms with Crippen molar-refractivity contribution in [2.75, 3.05) is 32.2 Å². The number of nitrogens with one attached hydrogen (secondary N) is 1. The summed E-state index contributed by atoms with van der Waals surface area (Å²) in [4.78, 5) is 0. The Balaban J connectivity index is 2.05. The highest BCUT2D eigenvalue weighted by molar-refractivity contribution is 5.66. The van der Waals surface area contributed by atoms with Gasteiger partial charge in [0.15, 0.2) is 0 Å². The molecule has 2 rings (SSSR count). The van der Waals surface area contributed by atoms with Crippen LogP contribution in [0.2, 0.25) is 0 Å². The topological polar surface area (TPSA) is 54.3 Å². The summed E-state index contributed by atoms with van der Waals surface area (Å²) in [6.45, 7) is 2.48. The highest BCUT2D eigenvalue weighted by atomic mass is 16.5. The van der Waals surface area contributed by atoms with Crippen molar-refractivity contribution in [3.05, 3.63) is 23.8 Å². The van der Waals surface area contributed by atoms with Crippen LogP contribution in [0.1, 0.15) is 18.4 Å². The van der Waals surface area contributed by atoms with Crippen molar-refractivity contribution in [3.63, 3.8) is 0 Å². The molecule has 18 heavy (non-hydrogen) atoms. The molecule has 4 nitrogen and oxygen atoms in total. The van der Waals surface area contributed by atoms with Crippen molar-refractivity contribution < 1.29 is 9.47 Å². The van der Waals surface area contributed by atoms with Gasteiger partial charge in [-0.15, -0.1) is 0 Å². The monoisotopic (exact) mass is 246 g/mol. The first-order valence-corrected chi connectivity index (χ1v) is 6.24. The highest BCUT2D eigenvalue weighted by Crippen LogP contribution is 2.28. The van der Waals surface area contributed by atoms with Crippen LogP contribution in [0.4, 0.5) is 5.69 Å². The number of nitrogens with zero attached hydrogens (tertiary/aromatic N) is 1. The minimum atomic E-state index is 0.509. The molecular formula is C14H18N2O2. The van der Waals surface area contributed by atoms with Gasteiger partial charge in [0.05, 0.1) is 25.0 Å². The third kappa shape index (κ3) is 2.93. The normalized spacial score (nSPS) is 19.0. The van der Waals surface area contributed by atoms with Crippen molar-refractivity contribution in [2.24, 2.45) is 5.92 Å². The highest BCUT2D eigenvalue weighted by Gasteiger charge is 2.15. The second-order valence-electron chi connectivity index (χ2n) is 4.46. The van der Waals surface area contributed by atoms with Crippen LogP contribution in [0, 0.1) is 17.2 Å². The van der Waals surface area contributed by atoms with Crippen LogP contribution in [0.25, 0.3) is 0 Å². The smallest absolute Gasteiger partial charge is 0.143 e. The van der Waals surface area contributed by atoms with Gasteiger partial charge in [0, 0.05) is 13.2 Å². The number of methoxy groups -OCH3 is 1. The molecule has 0 amide bonds. The summed E-state index contributed by atoms with van der Waals surface area (Å²) >= 11 is 0. The van der Waals surface area contributed by atoms with Gasteiger partial charge in [-0.2, -0.15) is 5.26 Å². The predicted octanol–water partition coefficient (Wildman–Crippen LogP) is 2.41. The summed E-state index contributed by atoms with van der Waals surface area (Å²) in [7, 11) is 1.62. The number of ether oxygens (including phenoxy) is 2. The van der Waals surface area contributed by atoms with Gasteiger partial charge in [-0.05, 0) is 30.9 Å². The lowest BCUT2D eigenvalue weighted by molar-refractivity contribution is 0.0595. The van der Waals surface area contributed by atoms with E-state index in [1.165, 1.54) is 6.42 Å². The Kier molecular flexibility index (Phi) is 4.43. The minimum absolute atomic E-state index is 0.509. The van der Waals surface area contributed by atoms with E-state index in [1.807, 2.05) is 12.1 Å². The van der Waals surface area contributed by atoms with Crippen LogP contribution in [-0.4, -0.2) is 26.9 Å². The van der Waals surface area contributed by atoms with Crippen LogP contribution in [0.15, 0.2) is 18.2 Å². The number of rotatable bonds is 4. The van der Waals surface area contributed by atoms with Crippen molar-refractivity contribution in [3.8, 4) is 11.8 Å². The lowest BCUT2D eigenvalue weighted by atomic mass is 10.0. The number of anilines is 1. The molecule has 0 aromatic heterocycles. The summed E-state index contributed by atoms with van der Waals surface area (Å²) in [6, 6.07) is 7.67. The zero-order valence-corrected chi connectivity index (χ0v) is 10.6. The lowest BCUT2D eigenvalue weighted by Gasteiger charge is -2.23. The van der Waals surface area contributed by atoms with Crippen molar-refractivity contribution in [1.29, 1.82) is 5.26 Å². The van der Waals surface area contributed by atoms with E-state index >= 15 is 0 Å². The minimum Gasteiger partial charge on any atom is -0.495 e. The first-order valence-electron chi connectivity index (χ1n) is 6.24. The van der Waals surface area contributed by atoms with Crippen LogP contribution in [0.3, 0.4) is 0 Å². The van der Waals surface area contributed by atoms with E-state index in [0.717, 1.165) is 31.9 Å². The van der Waals surface area contributed by atoms with Gasteiger partial charge < -0.3 is 14.8 Å². The Morgan fingerprint density at radius 3 is 3.11 bits per heavy atom. The molecule has 96 valence electrons. The SMILES string of the molecule is COc1cccc(C#N)c1NCC1CCCOC1. The Hall–Kier alpha value is -1.73. The standard InChI is InChI=1S/C14H18N2O2/c1-17-13-6-2-5-12(8-15)14(13)16-9-11-4-3-7-18-10-11/h2,5-6,11,16H,3-4,7,9-10H2,1H3. The fraction of sp³-hybridized carbons (Fsp3) is 0.500. The largest absolute Gasteiger partial charge is 0.495 e. The van der Waals surface area contributed by atoms with Crippen LogP contribution in [0.5, 0.6) is 5.75 Å². The van der Waals surface area contributed by atoms with Crippen LogP contribution in [-0.2, 0) is 4.74 Å². The number of benzene rings is 1. The number of hydrogen-bond donors (Lipinski definition) is 1. The van der Waals surface area contributed by atoms with E-state index in [0.29, 0.717) is 17.2 Å². The number of hydrogen-bond acceptors (Lipinski definition) is 4. The third-order valence-electron chi connectivity index (χ3n) is 3.19. The first-order chi connectivity index (χ1) is 8.85. The molecular weight excluding hydrogens is 228 g/mol. The quantitative estimate of drug-likeness (QED) is 0.886. The molecule has 0 saturated carbocycles. The molecule has 0 spiro atoms. The third-order valence-corrected chi connectivity index (χ3v) is 3.19. The van der Waals surface area contributed by atoms with Gasteiger partial charge in [-0.3, -0.25) is 0 Å². The van der Waals surface area contributed by atoms with Crippen molar-refractivity contribution in [1.82, 2.24) is 0 Å². The molecule has 1 heterocycles. The zero-order chi connectivity index (χ0) is 12.8. The van der Waals surface area contributed by atoms with Crippen LogP contribution >= 0.6 is 0 Å². The van der Waals surface area contributed by atoms with Crippen molar-refractivity contribution in [2.45, 2.75) is 12.8 Å². The van der Waals surface area contributed by atoms with Gasteiger partial charge >= 0.3 is 0 Å². The Bertz CT molecular complexity index is 434. The van der Waals surface area contributed by atoms with Crippen LogP contribution < -0.4 is 10.1 Å². The molecule has 0 radical (unpaired) electrons. The molecule has 1 N–H and O–H groups in total. The van der Waals surface area contributed by atoms with Gasteiger partial charge in [0.1, 0.15) is 11.8 Å². The van der Waals surface area contributed by atoms with E-state index < -0.39 is 0 Å². The summed E-state index contributed by atoms with van der Waals surface area (Å²) < 4.78 is 10.7. The lowest BCUT2D eigenvalue weighted by Crippen LogP contribution is -2.24. The molecule has 1 aliphatic rings. The second kappa shape index (κ2) is 6.27. The molecule has 1 fully saturated rings. The zero-order valence-electron chi connectivity index (χ0n) is 10.6. The maximum absolute atomic E-state index is 9.11. The molecule has 1 unspecified atom stereocenters. The van der Waals surface area contributed by atoms with Gasteiger partial charge in [0.2, 0.25) is 0 Å². The average molecular weight is 246 g/mol. The molecule has 0 aliphatic carbocycles. The summed E-state index contributed by atoms with van der Waals surface area (Å²) in [6.07, 6.45) is 2.29. The molecule has 1 aromatic rings. The summed E-state index contributed by atoms with van der Waals surface area (Å²) in [5, 5.41) is 12.4. The fourth-order valence-corrected chi connectivity index (χ4v) is 2.19. The number of nitriles is 1. The molecule has 0 bridgehead atoms. The summed E-state index contributed by atoms with van der Waals surface area (Å²) in [5.41, 5.74) is 1.40. The van der Waals surface area contributed by atoms with Crippen molar-refractivity contribution >= 4 is 5.69 Å². The number of para-hydroxylation sites is 1. The molecule has 1 aromatic carbocycles. The Morgan fingerprint density at radius 1 is 1.56 bits per heavy atom. The van der Waals surface area contributed by atoms with E-state index in [1.54, 1.807) is 13.2 Å². The molecule has 1 atom stereocenters. The maximum atomic E-state index is 9.11. The van der Waals surface area contributed by atoms with E-state index in [4.69, 9.17) is 14.7 Å². The molecule has 1 saturated heterocycles. The van der Waals surface area contributed by atoms with E-state index in [9.17, 15) is 0 Å². The van der Waals surface area contributed by atoms with E-state index in [2.05, 4.69) is 11.4 Å². The second-order valence-corrected chi connectivity index (χ2v) is 4.46. The predicted molar refractivity (Wildman–Crippen MR) is 69.7 cm³/mol. The fourth-order valence-electron chi connectivity index (χ4n) is 2.19. The Morgan fingerprint density at radius 2 is 2.44 bits per heavy atom. The molecule has 4 heteroatoms. The van der Waals surface area contributed by atoms with Gasteiger partial charge in [-0.25, -0.2) is 0 Å². The Labute approximate surface area is 108 Å². The first kappa shape index (κ1) is 12.7.